The number of ether oxygens (including phenoxy) is 1. The average molecular weight is 458 g/mol. The van der Waals surface area contributed by atoms with Gasteiger partial charge < -0.3 is 9.57 Å². The zero-order valence-electron chi connectivity index (χ0n) is 15.8. The fourth-order valence-corrected chi connectivity index (χ4v) is 3.80. The van der Waals surface area contributed by atoms with E-state index in [0.717, 1.165) is 6.20 Å². The Morgan fingerprint density at radius 3 is 2.77 bits per heavy atom. The first-order chi connectivity index (χ1) is 14.4. The first-order valence-electron chi connectivity index (χ1n) is 8.87. The summed E-state index contributed by atoms with van der Waals surface area (Å²) in [4.78, 5) is 28.5. The van der Waals surface area contributed by atoms with Gasteiger partial charge in [0.15, 0.2) is 22.1 Å². The molecule has 0 bridgehead atoms. The summed E-state index contributed by atoms with van der Waals surface area (Å²) in [6, 6.07) is 5.38. The Hall–Kier alpha value is -2.45. The third kappa shape index (κ3) is 5.79. The van der Waals surface area contributed by atoms with Crippen molar-refractivity contribution in [2.24, 2.45) is 5.16 Å². The first kappa shape index (κ1) is 22.2. The van der Waals surface area contributed by atoms with Gasteiger partial charge in [-0.1, -0.05) is 33.5 Å². The number of aromatic nitrogens is 1. The van der Waals surface area contributed by atoms with Crippen molar-refractivity contribution in [3.8, 4) is 0 Å². The Labute approximate surface area is 176 Å². The highest BCUT2D eigenvalue weighted by Crippen LogP contribution is 2.18. The molecule has 1 aliphatic rings. The van der Waals surface area contributed by atoms with Crippen LogP contribution >= 0.6 is 11.3 Å². The SMILES string of the molecule is CCONS(=O)(=O)c1ccc(/C(=N\O[C@@H]2CCOC2)C(=O)Nc2ncc(F)s2)cc1. The zero-order valence-corrected chi connectivity index (χ0v) is 17.5. The maximum absolute atomic E-state index is 13.2. The molecular weight excluding hydrogens is 439 g/mol. The first-order valence-corrected chi connectivity index (χ1v) is 11.2. The molecule has 1 amide bonds. The van der Waals surface area contributed by atoms with Gasteiger partial charge in [-0.05, 0) is 19.1 Å². The van der Waals surface area contributed by atoms with Crippen LogP contribution in [-0.4, -0.2) is 50.9 Å². The minimum Gasteiger partial charge on any atom is -0.389 e. The minimum atomic E-state index is -3.87. The lowest BCUT2D eigenvalue weighted by Gasteiger charge is -2.10. The van der Waals surface area contributed by atoms with Crippen LogP contribution in [0.15, 0.2) is 40.5 Å². The number of sulfonamides is 1. The van der Waals surface area contributed by atoms with Crippen LogP contribution in [0.4, 0.5) is 9.52 Å². The van der Waals surface area contributed by atoms with Crippen LogP contribution in [0.2, 0.25) is 0 Å². The number of carbonyl (C=O) groups is 1. The summed E-state index contributed by atoms with van der Waals surface area (Å²) in [6.45, 7) is 2.67. The Morgan fingerprint density at radius 1 is 1.40 bits per heavy atom. The number of halogens is 1. The molecule has 10 nitrogen and oxygen atoms in total. The molecule has 2 aromatic rings. The summed E-state index contributed by atoms with van der Waals surface area (Å²) >= 11 is 0.658. The molecule has 3 rings (SSSR count). The molecule has 13 heteroatoms. The topological polar surface area (TPSA) is 128 Å². The highest BCUT2D eigenvalue weighted by Gasteiger charge is 2.22. The predicted octanol–water partition coefficient (Wildman–Crippen LogP) is 1.66. The molecule has 0 unspecified atom stereocenters. The summed E-state index contributed by atoms with van der Waals surface area (Å²) in [5, 5.41) is 5.88. The molecule has 0 saturated carbocycles. The molecule has 2 N–H and O–H groups in total. The standard InChI is InChI=1S/C17H19FN4O6S2/c1-2-27-22-30(24,25)13-5-3-11(4-6-13)15(21-28-12-7-8-26-10-12)16(23)20-17-19-9-14(18)29-17/h3-6,9,12,22H,2,7-8,10H2,1H3,(H,19,20,23)/b21-15+/t12-/m1/s1. The Balaban J connectivity index is 1.83. The monoisotopic (exact) mass is 458 g/mol. The molecule has 162 valence electrons. The van der Waals surface area contributed by atoms with Gasteiger partial charge in [-0.3, -0.25) is 14.9 Å². The largest absolute Gasteiger partial charge is 0.389 e. The van der Waals surface area contributed by atoms with Crippen molar-refractivity contribution in [3.63, 3.8) is 0 Å². The lowest BCUT2D eigenvalue weighted by Crippen LogP contribution is -2.26. The van der Waals surface area contributed by atoms with E-state index in [4.69, 9.17) is 14.4 Å². The number of hydrogen-bond donors (Lipinski definition) is 2. The fourth-order valence-electron chi connectivity index (χ4n) is 2.39. The highest BCUT2D eigenvalue weighted by molar-refractivity contribution is 7.89. The predicted molar refractivity (Wildman–Crippen MR) is 106 cm³/mol. The molecule has 0 spiro atoms. The molecule has 0 radical (unpaired) electrons. The van der Waals surface area contributed by atoms with Gasteiger partial charge in [0, 0.05) is 12.0 Å². The summed E-state index contributed by atoms with van der Waals surface area (Å²) in [7, 11) is -3.87. The van der Waals surface area contributed by atoms with E-state index in [1.165, 1.54) is 24.3 Å². The van der Waals surface area contributed by atoms with Crippen LogP contribution in [0.3, 0.4) is 0 Å². The summed E-state index contributed by atoms with van der Waals surface area (Å²) in [6.07, 6.45) is 1.30. The maximum Gasteiger partial charge on any atom is 0.280 e. The molecule has 1 atom stereocenters. The van der Waals surface area contributed by atoms with Crippen LogP contribution in [0.1, 0.15) is 18.9 Å². The van der Waals surface area contributed by atoms with E-state index in [1.807, 2.05) is 4.89 Å². The van der Waals surface area contributed by atoms with Gasteiger partial charge in [-0.25, -0.2) is 13.4 Å². The van der Waals surface area contributed by atoms with Crippen molar-refractivity contribution in [1.82, 2.24) is 9.87 Å². The quantitative estimate of drug-likeness (QED) is 0.432. The van der Waals surface area contributed by atoms with Crippen LogP contribution in [-0.2, 0) is 29.2 Å². The normalized spacial score (nSPS) is 17.1. The van der Waals surface area contributed by atoms with Gasteiger partial charge in [0.25, 0.3) is 15.9 Å². The lowest BCUT2D eigenvalue weighted by atomic mass is 10.1. The number of carbonyl (C=O) groups excluding carboxylic acids is 1. The van der Waals surface area contributed by atoms with Crippen molar-refractivity contribution in [2.45, 2.75) is 24.3 Å². The van der Waals surface area contributed by atoms with E-state index in [0.29, 0.717) is 36.5 Å². The van der Waals surface area contributed by atoms with Crippen LogP contribution < -0.4 is 10.2 Å². The number of benzene rings is 1. The second-order valence-electron chi connectivity index (χ2n) is 6.00. The third-order valence-corrected chi connectivity index (χ3v) is 5.78. The van der Waals surface area contributed by atoms with E-state index in [1.54, 1.807) is 6.92 Å². The average Bonchev–Trinajstić information content (AvgIpc) is 3.39. The molecular formula is C17H19FN4O6S2. The Kier molecular flexibility index (Phi) is 7.44. The number of rotatable bonds is 9. The lowest BCUT2D eigenvalue weighted by molar-refractivity contribution is -0.110. The van der Waals surface area contributed by atoms with Crippen molar-refractivity contribution in [2.75, 3.05) is 25.1 Å². The molecule has 1 fully saturated rings. The molecule has 1 aliphatic heterocycles. The number of thiazole rings is 1. The number of oxime groups is 1. The van der Waals surface area contributed by atoms with E-state index in [2.05, 4.69) is 15.5 Å². The third-order valence-electron chi connectivity index (χ3n) is 3.85. The smallest absolute Gasteiger partial charge is 0.280 e. The number of nitrogens with one attached hydrogen (secondary N) is 2. The number of anilines is 1. The number of amides is 1. The molecule has 0 aliphatic carbocycles. The van der Waals surface area contributed by atoms with Crippen molar-refractivity contribution >= 4 is 38.1 Å². The van der Waals surface area contributed by atoms with Gasteiger partial charge in [-0.15, -0.1) is 0 Å². The van der Waals surface area contributed by atoms with E-state index >= 15 is 0 Å². The van der Waals surface area contributed by atoms with Crippen LogP contribution in [0, 0.1) is 5.13 Å². The van der Waals surface area contributed by atoms with E-state index in [-0.39, 0.29) is 28.4 Å². The van der Waals surface area contributed by atoms with Gasteiger partial charge in [0.05, 0.1) is 30.9 Å². The molecule has 1 aromatic heterocycles. The van der Waals surface area contributed by atoms with Crippen molar-refractivity contribution in [3.05, 3.63) is 41.2 Å². The number of hydrogen-bond acceptors (Lipinski definition) is 9. The molecule has 2 heterocycles. The summed E-state index contributed by atoms with van der Waals surface area (Å²) in [5.41, 5.74) is 0.165. The summed E-state index contributed by atoms with van der Waals surface area (Å²) < 4.78 is 42.6. The second-order valence-corrected chi connectivity index (χ2v) is 8.62. The highest BCUT2D eigenvalue weighted by atomic mass is 32.2. The molecule has 1 saturated heterocycles. The molecule has 30 heavy (non-hydrogen) atoms. The van der Waals surface area contributed by atoms with Crippen molar-refractivity contribution in [1.29, 1.82) is 0 Å². The minimum absolute atomic E-state index is 0.0505. The zero-order chi connectivity index (χ0) is 21.6. The van der Waals surface area contributed by atoms with Crippen LogP contribution in [0.5, 0.6) is 0 Å². The Bertz CT molecular complexity index is 1000. The summed E-state index contributed by atoms with van der Waals surface area (Å²) in [5.74, 6) is -0.689. The van der Waals surface area contributed by atoms with Crippen molar-refractivity contribution < 1.29 is 32.0 Å². The van der Waals surface area contributed by atoms with E-state index < -0.39 is 21.1 Å². The van der Waals surface area contributed by atoms with E-state index in [9.17, 15) is 17.6 Å². The Morgan fingerprint density at radius 2 is 2.17 bits per heavy atom. The van der Waals surface area contributed by atoms with Gasteiger partial charge in [0.1, 0.15) is 0 Å². The van der Waals surface area contributed by atoms with Gasteiger partial charge >= 0.3 is 0 Å². The second kappa shape index (κ2) is 10.0. The molecule has 1 aromatic carbocycles. The fraction of sp³-hybridized carbons (Fsp3) is 0.353. The maximum atomic E-state index is 13.2. The van der Waals surface area contributed by atoms with Gasteiger partial charge in [-0.2, -0.15) is 4.39 Å². The van der Waals surface area contributed by atoms with Crippen LogP contribution in [0.25, 0.3) is 0 Å². The van der Waals surface area contributed by atoms with Gasteiger partial charge in [0.2, 0.25) is 0 Å². The number of nitrogens with zero attached hydrogens (tertiary/aromatic N) is 2.